The maximum Gasteiger partial charge on any atom is 0.163 e. The van der Waals surface area contributed by atoms with Gasteiger partial charge in [-0.15, -0.1) is 0 Å². The van der Waals surface area contributed by atoms with Gasteiger partial charge >= 0.3 is 0 Å². The number of fused-ring (bicyclic) bond motifs is 1. The molecular formula is C17H27N5O. The Morgan fingerprint density at radius 1 is 1.35 bits per heavy atom. The van der Waals surface area contributed by atoms with E-state index in [1.54, 1.807) is 7.11 Å². The topological polar surface area (TPSA) is 56.1 Å². The number of hydrogen-bond donors (Lipinski definition) is 0. The zero-order valence-electron chi connectivity index (χ0n) is 14.5. The van der Waals surface area contributed by atoms with E-state index >= 15 is 0 Å². The molecule has 1 aliphatic rings. The van der Waals surface area contributed by atoms with Gasteiger partial charge in [-0.2, -0.15) is 5.10 Å². The van der Waals surface area contributed by atoms with E-state index in [4.69, 9.17) is 14.7 Å². The SMILES string of the molecule is CCCc1nc(N2CCC[C@@H](CCOC)C2)c2cnn(C)c2n1. The minimum absolute atomic E-state index is 0.681. The second kappa shape index (κ2) is 7.25. The molecule has 126 valence electrons. The molecule has 23 heavy (non-hydrogen) atoms. The van der Waals surface area contributed by atoms with Gasteiger partial charge in [-0.3, -0.25) is 4.68 Å². The van der Waals surface area contributed by atoms with Crippen LogP contribution in [0.5, 0.6) is 0 Å². The van der Waals surface area contributed by atoms with Crippen LogP contribution in [-0.4, -0.2) is 46.6 Å². The maximum absolute atomic E-state index is 5.25. The van der Waals surface area contributed by atoms with Crippen molar-refractivity contribution in [1.82, 2.24) is 19.7 Å². The van der Waals surface area contributed by atoms with E-state index in [-0.39, 0.29) is 0 Å². The van der Waals surface area contributed by atoms with Gasteiger partial charge in [0.15, 0.2) is 5.65 Å². The molecule has 0 amide bonds. The van der Waals surface area contributed by atoms with Crippen LogP contribution >= 0.6 is 0 Å². The number of rotatable bonds is 6. The fourth-order valence-corrected chi connectivity index (χ4v) is 3.41. The van der Waals surface area contributed by atoms with Gasteiger partial charge in [0.05, 0.1) is 11.6 Å². The van der Waals surface area contributed by atoms with Crippen molar-refractivity contribution < 1.29 is 4.74 Å². The number of piperidine rings is 1. The lowest BCUT2D eigenvalue weighted by molar-refractivity contribution is 0.172. The molecule has 0 N–H and O–H groups in total. The molecule has 3 rings (SSSR count). The van der Waals surface area contributed by atoms with Crippen LogP contribution in [0.1, 0.15) is 38.4 Å². The van der Waals surface area contributed by atoms with E-state index in [1.165, 1.54) is 12.8 Å². The zero-order chi connectivity index (χ0) is 16.2. The minimum atomic E-state index is 0.681. The van der Waals surface area contributed by atoms with Crippen molar-refractivity contribution in [1.29, 1.82) is 0 Å². The quantitative estimate of drug-likeness (QED) is 0.819. The number of anilines is 1. The van der Waals surface area contributed by atoms with Crippen molar-refractivity contribution in [2.75, 3.05) is 31.7 Å². The number of methoxy groups -OCH3 is 1. The number of hydrogen-bond acceptors (Lipinski definition) is 5. The molecule has 2 aromatic heterocycles. The second-order valence-electron chi connectivity index (χ2n) is 6.45. The molecule has 3 heterocycles. The summed E-state index contributed by atoms with van der Waals surface area (Å²) in [6, 6.07) is 0. The molecule has 0 spiro atoms. The predicted octanol–water partition coefficient (Wildman–Crippen LogP) is 2.57. The van der Waals surface area contributed by atoms with Crippen LogP contribution in [0.4, 0.5) is 5.82 Å². The van der Waals surface area contributed by atoms with E-state index in [9.17, 15) is 0 Å². The fourth-order valence-electron chi connectivity index (χ4n) is 3.41. The second-order valence-corrected chi connectivity index (χ2v) is 6.45. The van der Waals surface area contributed by atoms with Gasteiger partial charge in [-0.1, -0.05) is 6.92 Å². The van der Waals surface area contributed by atoms with Crippen LogP contribution < -0.4 is 4.90 Å². The summed E-state index contributed by atoms with van der Waals surface area (Å²) in [4.78, 5) is 12.0. The van der Waals surface area contributed by atoms with Crippen molar-refractivity contribution >= 4 is 16.9 Å². The molecule has 1 aliphatic heterocycles. The normalized spacial score (nSPS) is 18.7. The first-order valence-corrected chi connectivity index (χ1v) is 8.65. The Morgan fingerprint density at radius 3 is 3.00 bits per heavy atom. The van der Waals surface area contributed by atoms with Crippen molar-refractivity contribution in [2.45, 2.75) is 39.0 Å². The average molecular weight is 317 g/mol. The van der Waals surface area contributed by atoms with Crippen molar-refractivity contribution in [3.8, 4) is 0 Å². The van der Waals surface area contributed by atoms with E-state index in [0.29, 0.717) is 5.92 Å². The standard InChI is InChI=1S/C17H27N5O/c1-4-6-15-19-16-14(11-18-21(16)2)17(20-15)22-9-5-7-13(12-22)8-10-23-3/h11,13H,4-10,12H2,1-3H3/t13-/m0/s1. The molecule has 1 fully saturated rings. The average Bonchev–Trinajstić information content (AvgIpc) is 2.94. The van der Waals surface area contributed by atoms with E-state index < -0.39 is 0 Å². The summed E-state index contributed by atoms with van der Waals surface area (Å²) in [7, 11) is 3.73. The van der Waals surface area contributed by atoms with Crippen molar-refractivity contribution in [3.63, 3.8) is 0 Å². The van der Waals surface area contributed by atoms with Gasteiger partial charge in [0.2, 0.25) is 0 Å². The van der Waals surface area contributed by atoms with E-state index in [0.717, 1.165) is 61.6 Å². The van der Waals surface area contributed by atoms with E-state index in [2.05, 4.69) is 16.9 Å². The van der Waals surface area contributed by atoms with Gasteiger partial charge in [0, 0.05) is 40.3 Å². The Hall–Kier alpha value is -1.69. The smallest absolute Gasteiger partial charge is 0.163 e. The minimum Gasteiger partial charge on any atom is -0.385 e. The summed E-state index contributed by atoms with van der Waals surface area (Å²) in [6.45, 7) is 5.12. The summed E-state index contributed by atoms with van der Waals surface area (Å²) >= 11 is 0. The summed E-state index contributed by atoms with van der Waals surface area (Å²) in [5.41, 5.74) is 0.942. The lowest BCUT2D eigenvalue weighted by atomic mass is 9.95. The first kappa shape index (κ1) is 16.2. The lowest BCUT2D eigenvalue weighted by Gasteiger charge is -2.34. The highest BCUT2D eigenvalue weighted by Crippen LogP contribution is 2.29. The summed E-state index contributed by atoms with van der Waals surface area (Å²) in [6.07, 6.45) is 7.48. The third-order valence-electron chi connectivity index (χ3n) is 4.64. The van der Waals surface area contributed by atoms with Crippen molar-refractivity contribution in [2.24, 2.45) is 13.0 Å². The van der Waals surface area contributed by atoms with Gasteiger partial charge in [0.25, 0.3) is 0 Å². The fraction of sp³-hybridized carbons (Fsp3) is 0.706. The molecule has 0 aromatic carbocycles. The molecule has 0 bridgehead atoms. The van der Waals surface area contributed by atoms with Crippen LogP contribution in [0.2, 0.25) is 0 Å². The zero-order valence-corrected chi connectivity index (χ0v) is 14.5. The number of ether oxygens (including phenoxy) is 1. The molecule has 6 nitrogen and oxygen atoms in total. The van der Waals surface area contributed by atoms with Crippen LogP contribution in [-0.2, 0) is 18.2 Å². The third-order valence-corrected chi connectivity index (χ3v) is 4.64. The summed E-state index contributed by atoms with van der Waals surface area (Å²) < 4.78 is 7.11. The summed E-state index contributed by atoms with van der Waals surface area (Å²) in [5, 5.41) is 5.46. The van der Waals surface area contributed by atoms with Gasteiger partial charge in [-0.05, 0) is 31.6 Å². The van der Waals surface area contributed by atoms with Crippen LogP contribution in [0.3, 0.4) is 0 Å². The Kier molecular flexibility index (Phi) is 5.10. The number of aromatic nitrogens is 4. The highest BCUT2D eigenvalue weighted by molar-refractivity contribution is 5.87. The Labute approximate surface area is 137 Å². The molecule has 0 radical (unpaired) electrons. The molecule has 2 aromatic rings. The van der Waals surface area contributed by atoms with Gasteiger partial charge < -0.3 is 9.64 Å². The van der Waals surface area contributed by atoms with Crippen LogP contribution in [0.15, 0.2) is 6.20 Å². The lowest BCUT2D eigenvalue weighted by Crippen LogP contribution is -2.36. The first-order valence-electron chi connectivity index (χ1n) is 8.65. The monoisotopic (exact) mass is 317 g/mol. The van der Waals surface area contributed by atoms with E-state index in [1.807, 2.05) is 17.9 Å². The predicted molar refractivity (Wildman–Crippen MR) is 91.7 cm³/mol. The molecule has 0 aliphatic carbocycles. The molecular weight excluding hydrogens is 290 g/mol. The van der Waals surface area contributed by atoms with Gasteiger partial charge in [-0.25, -0.2) is 9.97 Å². The molecule has 1 atom stereocenters. The molecule has 6 heteroatoms. The molecule has 0 unspecified atom stereocenters. The highest BCUT2D eigenvalue weighted by Gasteiger charge is 2.24. The van der Waals surface area contributed by atoms with Gasteiger partial charge in [0.1, 0.15) is 11.6 Å². The molecule has 0 saturated carbocycles. The van der Waals surface area contributed by atoms with Crippen molar-refractivity contribution in [3.05, 3.63) is 12.0 Å². The number of aryl methyl sites for hydroxylation is 2. The largest absolute Gasteiger partial charge is 0.385 e. The first-order chi connectivity index (χ1) is 11.2. The Bertz CT molecular complexity index is 654. The van der Waals surface area contributed by atoms with Crippen LogP contribution in [0.25, 0.3) is 11.0 Å². The third kappa shape index (κ3) is 3.47. The van der Waals surface area contributed by atoms with Crippen LogP contribution in [0, 0.1) is 5.92 Å². The summed E-state index contributed by atoms with van der Waals surface area (Å²) in [5.74, 6) is 2.67. The Balaban J connectivity index is 1.91. The highest BCUT2D eigenvalue weighted by atomic mass is 16.5. The maximum atomic E-state index is 5.25. The Morgan fingerprint density at radius 2 is 2.22 bits per heavy atom. The molecule has 1 saturated heterocycles. The number of nitrogens with zero attached hydrogens (tertiary/aromatic N) is 5.